The number of ether oxygens (including phenoxy) is 1. The van der Waals surface area contributed by atoms with Crippen molar-refractivity contribution in [2.75, 3.05) is 18.4 Å². The number of sulfonamides is 1. The Bertz CT molecular complexity index is 990. The van der Waals surface area contributed by atoms with Crippen LogP contribution in [-0.2, 0) is 19.6 Å². The maximum Gasteiger partial charge on any atom is 0.338 e. The smallest absolute Gasteiger partial charge is 0.338 e. The Morgan fingerprint density at radius 2 is 1.76 bits per heavy atom. The zero-order valence-electron chi connectivity index (χ0n) is 16.4. The van der Waals surface area contributed by atoms with Gasteiger partial charge in [-0.05, 0) is 43.3 Å². The Hall–Kier alpha value is -2.42. The molecule has 2 aromatic rings. The summed E-state index contributed by atoms with van der Waals surface area (Å²) in [6.45, 7) is 5.52. The summed E-state index contributed by atoms with van der Waals surface area (Å²) < 4.78 is 31.7. The van der Waals surface area contributed by atoms with E-state index in [9.17, 15) is 18.0 Å². The molecule has 0 aliphatic heterocycles. The minimum atomic E-state index is -3.71. The van der Waals surface area contributed by atoms with Crippen molar-refractivity contribution in [2.24, 2.45) is 0 Å². The molecule has 0 fully saturated rings. The molecule has 7 nitrogen and oxygen atoms in total. The van der Waals surface area contributed by atoms with E-state index in [2.05, 4.69) is 5.32 Å². The average molecular weight is 439 g/mol. The van der Waals surface area contributed by atoms with E-state index in [-0.39, 0.29) is 10.5 Å². The first kappa shape index (κ1) is 22.9. The Kier molecular flexibility index (Phi) is 7.78. The van der Waals surface area contributed by atoms with Crippen molar-refractivity contribution in [3.63, 3.8) is 0 Å². The van der Waals surface area contributed by atoms with Gasteiger partial charge in [-0.2, -0.15) is 4.31 Å². The first-order valence-corrected chi connectivity index (χ1v) is 10.9. The van der Waals surface area contributed by atoms with Gasteiger partial charge in [0.05, 0.1) is 10.5 Å². The number of halogens is 1. The van der Waals surface area contributed by atoms with E-state index in [0.29, 0.717) is 23.8 Å². The maximum absolute atomic E-state index is 12.6. The lowest BCUT2D eigenvalue weighted by Gasteiger charge is -2.19. The summed E-state index contributed by atoms with van der Waals surface area (Å²) in [5.74, 6) is -1.33. The fourth-order valence-corrected chi connectivity index (χ4v) is 4.28. The van der Waals surface area contributed by atoms with E-state index in [1.165, 1.54) is 35.5 Å². The Morgan fingerprint density at radius 1 is 1.10 bits per heavy atom. The molecule has 1 atom stereocenters. The highest BCUT2D eigenvalue weighted by Crippen LogP contribution is 2.19. The van der Waals surface area contributed by atoms with E-state index in [4.69, 9.17) is 16.3 Å². The van der Waals surface area contributed by atoms with Gasteiger partial charge in [0.15, 0.2) is 6.10 Å². The lowest BCUT2D eigenvalue weighted by Crippen LogP contribution is -2.31. The number of rotatable bonds is 8. The van der Waals surface area contributed by atoms with Gasteiger partial charge in [0.1, 0.15) is 0 Å². The van der Waals surface area contributed by atoms with Gasteiger partial charge in [-0.3, -0.25) is 4.79 Å². The molecule has 0 aliphatic rings. The molecule has 2 rings (SSSR count). The predicted octanol–water partition coefficient (Wildman–Crippen LogP) is 3.55. The highest BCUT2D eigenvalue weighted by molar-refractivity contribution is 7.89. The van der Waals surface area contributed by atoms with E-state index in [1.54, 1.807) is 38.1 Å². The van der Waals surface area contributed by atoms with E-state index >= 15 is 0 Å². The maximum atomic E-state index is 12.6. The molecule has 0 heterocycles. The molecule has 156 valence electrons. The molecule has 0 saturated heterocycles. The molecule has 0 unspecified atom stereocenters. The van der Waals surface area contributed by atoms with Crippen LogP contribution >= 0.6 is 11.6 Å². The molecule has 0 radical (unpaired) electrons. The van der Waals surface area contributed by atoms with E-state index < -0.39 is 28.0 Å². The lowest BCUT2D eigenvalue weighted by atomic mass is 10.2. The van der Waals surface area contributed by atoms with E-state index in [0.717, 1.165) is 0 Å². The normalized spacial score (nSPS) is 12.4. The molecule has 0 aliphatic carbocycles. The van der Waals surface area contributed by atoms with Crippen molar-refractivity contribution < 1.29 is 22.7 Å². The third-order valence-corrected chi connectivity index (χ3v) is 6.44. The van der Waals surface area contributed by atoms with Crippen LogP contribution in [0.1, 0.15) is 31.1 Å². The zero-order chi connectivity index (χ0) is 21.6. The molecule has 9 heteroatoms. The molecular formula is C20H23ClN2O5S. The fraction of sp³-hybridized carbons (Fsp3) is 0.300. The molecule has 1 amide bonds. The molecular weight excluding hydrogens is 416 g/mol. The summed E-state index contributed by atoms with van der Waals surface area (Å²) in [6.07, 6.45) is -1.09. The molecule has 0 saturated carbocycles. The van der Waals surface area contributed by atoms with Crippen LogP contribution in [-0.4, -0.2) is 43.8 Å². The molecule has 0 aromatic heterocycles. The highest BCUT2D eigenvalue weighted by atomic mass is 35.5. The fourth-order valence-electron chi connectivity index (χ4n) is 2.59. The van der Waals surface area contributed by atoms with Crippen LogP contribution in [0, 0.1) is 0 Å². The summed E-state index contributed by atoms with van der Waals surface area (Å²) in [5.41, 5.74) is 0.512. The number of hydrogen-bond donors (Lipinski definition) is 1. The summed E-state index contributed by atoms with van der Waals surface area (Å²) >= 11 is 5.88. The minimum Gasteiger partial charge on any atom is -0.449 e. The van der Waals surface area contributed by atoms with Gasteiger partial charge in [-0.25, -0.2) is 13.2 Å². The van der Waals surface area contributed by atoms with Gasteiger partial charge < -0.3 is 10.1 Å². The van der Waals surface area contributed by atoms with Gasteiger partial charge >= 0.3 is 5.97 Å². The number of carbonyl (C=O) groups is 2. The number of anilines is 1. The number of amides is 1. The topological polar surface area (TPSA) is 92.8 Å². The third-order valence-electron chi connectivity index (χ3n) is 4.16. The number of esters is 1. The Labute approximate surface area is 175 Å². The third kappa shape index (κ3) is 5.79. The van der Waals surface area contributed by atoms with Crippen molar-refractivity contribution in [3.05, 3.63) is 59.1 Å². The molecule has 2 aromatic carbocycles. The van der Waals surface area contributed by atoms with Crippen molar-refractivity contribution in [1.82, 2.24) is 4.31 Å². The first-order valence-electron chi connectivity index (χ1n) is 9.06. The van der Waals surface area contributed by atoms with Gasteiger partial charge in [-0.15, -0.1) is 0 Å². The quantitative estimate of drug-likeness (QED) is 0.636. The average Bonchev–Trinajstić information content (AvgIpc) is 2.68. The largest absolute Gasteiger partial charge is 0.449 e. The second kappa shape index (κ2) is 9.87. The lowest BCUT2D eigenvalue weighted by molar-refractivity contribution is -0.123. The molecule has 29 heavy (non-hydrogen) atoms. The van der Waals surface area contributed by atoms with Gasteiger partial charge in [-0.1, -0.05) is 37.6 Å². The summed E-state index contributed by atoms with van der Waals surface area (Å²) in [4.78, 5) is 24.7. The van der Waals surface area contributed by atoms with Crippen molar-refractivity contribution >= 4 is 39.2 Å². The summed E-state index contributed by atoms with van der Waals surface area (Å²) in [7, 11) is -3.71. The second-order valence-corrected chi connectivity index (χ2v) is 8.54. The van der Waals surface area contributed by atoms with Crippen LogP contribution < -0.4 is 5.32 Å². The number of nitrogens with zero attached hydrogens (tertiary/aromatic N) is 1. The summed E-state index contributed by atoms with van der Waals surface area (Å²) in [6, 6.07) is 12.1. The second-order valence-electron chi connectivity index (χ2n) is 6.16. The van der Waals surface area contributed by atoms with Gasteiger partial charge in [0.25, 0.3) is 5.91 Å². The zero-order valence-corrected chi connectivity index (χ0v) is 18.0. The van der Waals surface area contributed by atoms with Crippen LogP contribution in [0.2, 0.25) is 5.02 Å². The molecule has 0 spiro atoms. The van der Waals surface area contributed by atoms with E-state index in [1.807, 2.05) is 0 Å². The first-order chi connectivity index (χ1) is 13.7. The predicted molar refractivity (Wildman–Crippen MR) is 112 cm³/mol. The highest BCUT2D eigenvalue weighted by Gasteiger charge is 2.24. The SMILES string of the molecule is CCN(CC)S(=O)(=O)c1cccc(C(=O)O[C@H](C)C(=O)Nc2cccc(Cl)c2)c1. The monoisotopic (exact) mass is 438 g/mol. The summed E-state index contributed by atoms with van der Waals surface area (Å²) in [5, 5.41) is 3.06. The molecule has 0 bridgehead atoms. The van der Waals surface area contributed by atoms with Crippen molar-refractivity contribution in [3.8, 4) is 0 Å². The number of nitrogens with one attached hydrogen (secondary N) is 1. The number of carbonyl (C=O) groups excluding carboxylic acids is 2. The minimum absolute atomic E-state index is 0.00770. The van der Waals surface area contributed by atoms with Crippen LogP contribution in [0.15, 0.2) is 53.4 Å². The van der Waals surface area contributed by atoms with Crippen molar-refractivity contribution in [1.29, 1.82) is 0 Å². The van der Waals surface area contributed by atoms with Crippen LogP contribution in [0.5, 0.6) is 0 Å². The van der Waals surface area contributed by atoms with Gasteiger partial charge in [0.2, 0.25) is 10.0 Å². The van der Waals surface area contributed by atoms with Crippen LogP contribution in [0.4, 0.5) is 5.69 Å². The Morgan fingerprint density at radius 3 is 2.38 bits per heavy atom. The van der Waals surface area contributed by atoms with Crippen LogP contribution in [0.3, 0.4) is 0 Å². The van der Waals surface area contributed by atoms with Crippen LogP contribution in [0.25, 0.3) is 0 Å². The number of benzene rings is 2. The Balaban J connectivity index is 2.11. The van der Waals surface area contributed by atoms with Crippen molar-refractivity contribution in [2.45, 2.75) is 31.8 Å². The van der Waals surface area contributed by atoms with Gasteiger partial charge in [0, 0.05) is 23.8 Å². The number of hydrogen-bond acceptors (Lipinski definition) is 5. The molecule has 1 N–H and O–H groups in total. The standard InChI is InChI=1S/C20H23ClN2O5S/c1-4-23(5-2)29(26,27)18-11-6-8-15(12-18)20(25)28-14(3)19(24)22-17-10-7-9-16(21)13-17/h6-14H,4-5H2,1-3H3,(H,22,24)/t14-/m1/s1.